The van der Waals surface area contributed by atoms with Gasteiger partial charge in [-0.2, -0.15) is 5.10 Å². The number of nitrogens with zero attached hydrogens (tertiary/aromatic N) is 4. The van der Waals surface area contributed by atoms with Crippen molar-refractivity contribution >= 4 is 22.1 Å². The number of pyridine rings is 3. The third-order valence-corrected chi connectivity index (χ3v) is 5.40. The van der Waals surface area contributed by atoms with Crippen LogP contribution in [-0.2, 0) is 0 Å². The van der Waals surface area contributed by atoms with Crippen molar-refractivity contribution in [3.63, 3.8) is 0 Å². The molecule has 0 saturated heterocycles. The number of halogens is 1. The van der Waals surface area contributed by atoms with Crippen molar-refractivity contribution in [2.45, 2.75) is 0 Å². The molecule has 6 rings (SSSR count). The summed E-state index contributed by atoms with van der Waals surface area (Å²) in [5.41, 5.74) is 6.00. The normalized spacial score (nSPS) is 11.4. The Balaban J connectivity index is 1.51. The van der Waals surface area contributed by atoms with E-state index >= 15 is 0 Å². The number of rotatable bonds is 3. The summed E-state index contributed by atoms with van der Waals surface area (Å²) in [5, 5.41) is 18.8. The van der Waals surface area contributed by atoms with Crippen LogP contribution in [0.5, 0.6) is 5.75 Å². The smallest absolute Gasteiger partial charge is 0.181 e. The van der Waals surface area contributed by atoms with Gasteiger partial charge in [0.25, 0.3) is 0 Å². The molecule has 0 bridgehead atoms. The number of hydrogen-bond acceptors (Lipinski definition) is 5. The van der Waals surface area contributed by atoms with Crippen LogP contribution in [0.25, 0.3) is 55.7 Å². The van der Waals surface area contributed by atoms with Crippen LogP contribution in [0.4, 0.5) is 4.39 Å². The average molecular weight is 422 g/mol. The number of hydrogen-bond donors (Lipinski definition) is 3. The lowest BCUT2D eigenvalue weighted by Gasteiger charge is -2.03. The Bertz CT molecular complexity index is 1620. The predicted octanol–water partition coefficient (Wildman–Crippen LogP) is 5.07. The van der Waals surface area contributed by atoms with Crippen LogP contribution in [-0.4, -0.2) is 35.2 Å². The highest BCUT2D eigenvalue weighted by atomic mass is 19.1. The standard InChI is InChI=1S/C24H15FN6O/c25-16-3-1-2-13(6-16)18-4-5-27-23-19(18)9-21(29-23)22-20-8-15(11-28-24(20)31-30-22)14-7-17(32)12-26-10-14/h1-12,32H,(H,27,29)(H,28,30,31). The third-order valence-electron chi connectivity index (χ3n) is 5.40. The van der Waals surface area contributed by atoms with E-state index in [0.29, 0.717) is 11.3 Å². The zero-order valence-corrected chi connectivity index (χ0v) is 16.5. The zero-order chi connectivity index (χ0) is 21.7. The minimum Gasteiger partial charge on any atom is -0.506 e. The number of H-pyrrole nitrogens is 2. The fourth-order valence-electron chi connectivity index (χ4n) is 3.92. The molecule has 8 heteroatoms. The average Bonchev–Trinajstić information content (AvgIpc) is 3.42. The molecule has 0 unspecified atom stereocenters. The van der Waals surface area contributed by atoms with Crippen LogP contribution in [0.3, 0.4) is 0 Å². The van der Waals surface area contributed by atoms with Crippen LogP contribution in [0.2, 0.25) is 0 Å². The van der Waals surface area contributed by atoms with E-state index in [-0.39, 0.29) is 11.6 Å². The second-order valence-electron chi connectivity index (χ2n) is 7.44. The quantitative estimate of drug-likeness (QED) is 0.369. The second-order valence-corrected chi connectivity index (χ2v) is 7.44. The Morgan fingerprint density at radius 1 is 0.844 bits per heavy atom. The molecule has 154 valence electrons. The van der Waals surface area contributed by atoms with E-state index in [1.165, 1.54) is 18.3 Å². The van der Waals surface area contributed by atoms with Crippen LogP contribution >= 0.6 is 0 Å². The Labute approximate surface area is 180 Å². The number of benzene rings is 1. The molecule has 0 amide bonds. The van der Waals surface area contributed by atoms with E-state index in [0.717, 1.165) is 44.4 Å². The number of nitrogens with one attached hydrogen (secondary N) is 2. The molecule has 0 aliphatic rings. The van der Waals surface area contributed by atoms with E-state index in [9.17, 15) is 9.50 Å². The first-order valence-corrected chi connectivity index (χ1v) is 9.88. The van der Waals surface area contributed by atoms with Gasteiger partial charge in [-0.25, -0.2) is 14.4 Å². The highest BCUT2D eigenvalue weighted by Crippen LogP contribution is 2.34. The summed E-state index contributed by atoms with van der Waals surface area (Å²) in [4.78, 5) is 16.2. The monoisotopic (exact) mass is 422 g/mol. The van der Waals surface area contributed by atoms with Gasteiger partial charge in [-0.15, -0.1) is 0 Å². The highest BCUT2D eigenvalue weighted by molar-refractivity contribution is 5.99. The van der Waals surface area contributed by atoms with Crippen LogP contribution < -0.4 is 0 Å². The van der Waals surface area contributed by atoms with Gasteiger partial charge in [0.05, 0.1) is 17.6 Å². The number of aromatic amines is 2. The lowest BCUT2D eigenvalue weighted by atomic mass is 10.0. The fourth-order valence-corrected chi connectivity index (χ4v) is 3.92. The third kappa shape index (κ3) is 2.97. The maximum absolute atomic E-state index is 13.8. The van der Waals surface area contributed by atoms with Crippen LogP contribution in [0, 0.1) is 5.82 Å². The second kappa shape index (κ2) is 6.98. The van der Waals surface area contributed by atoms with Gasteiger partial charge in [-0.3, -0.25) is 10.1 Å². The molecule has 0 atom stereocenters. The Morgan fingerprint density at radius 2 is 1.75 bits per heavy atom. The first kappa shape index (κ1) is 18.2. The maximum Gasteiger partial charge on any atom is 0.181 e. The molecule has 0 spiro atoms. The minimum absolute atomic E-state index is 0.0848. The summed E-state index contributed by atoms with van der Waals surface area (Å²) in [6, 6.07) is 13.9. The van der Waals surface area contributed by atoms with Crippen molar-refractivity contribution in [2.24, 2.45) is 0 Å². The Morgan fingerprint density at radius 3 is 2.62 bits per heavy atom. The summed E-state index contributed by atoms with van der Waals surface area (Å²) >= 11 is 0. The van der Waals surface area contributed by atoms with Crippen LogP contribution in [0.1, 0.15) is 0 Å². The van der Waals surface area contributed by atoms with Gasteiger partial charge >= 0.3 is 0 Å². The molecule has 5 aromatic heterocycles. The molecular formula is C24H15FN6O. The molecule has 3 N–H and O–H groups in total. The highest BCUT2D eigenvalue weighted by Gasteiger charge is 2.15. The number of aromatic nitrogens is 6. The number of fused-ring (bicyclic) bond motifs is 2. The van der Waals surface area contributed by atoms with Gasteiger partial charge in [-0.1, -0.05) is 12.1 Å². The van der Waals surface area contributed by atoms with Crippen LogP contribution in [0.15, 0.2) is 73.3 Å². The number of aromatic hydroxyl groups is 1. The lowest BCUT2D eigenvalue weighted by Crippen LogP contribution is -1.84. The first-order chi connectivity index (χ1) is 15.7. The van der Waals surface area contributed by atoms with Gasteiger partial charge in [0, 0.05) is 40.5 Å². The molecule has 0 fully saturated rings. The molecule has 5 heterocycles. The van der Waals surface area contributed by atoms with Gasteiger partial charge in [-0.05, 0) is 47.5 Å². The van der Waals surface area contributed by atoms with Crippen molar-refractivity contribution in [3.05, 3.63) is 79.1 Å². The summed E-state index contributed by atoms with van der Waals surface area (Å²) in [6.07, 6.45) is 6.44. The summed E-state index contributed by atoms with van der Waals surface area (Å²) in [5.74, 6) is -0.204. The van der Waals surface area contributed by atoms with Crippen molar-refractivity contribution in [1.82, 2.24) is 30.1 Å². The van der Waals surface area contributed by atoms with Gasteiger partial charge in [0.1, 0.15) is 17.2 Å². The van der Waals surface area contributed by atoms with Crippen molar-refractivity contribution in [2.75, 3.05) is 0 Å². The molecule has 32 heavy (non-hydrogen) atoms. The summed E-state index contributed by atoms with van der Waals surface area (Å²) in [7, 11) is 0. The summed E-state index contributed by atoms with van der Waals surface area (Å²) in [6.45, 7) is 0. The topological polar surface area (TPSA) is 103 Å². The minimum atomic E-state index is -0.289. The van der Waals surface area contributed by atoms with Crippen molar-refractivity contribution in [1.29, 1.82) is 0 Å². The SMILES string of the molecule is Oc1cncc(-c2cnc3n[nH]c(-c4cc5c(-c6cccc(F)c6)ccnc5[nH]4)c3c2)c1. The molecule has 6 aromatic rings. The molecule has 0 aliphatic carbocycles. The predicted molar refractivity (Wildman–Crippen MR) is 119 cm³/mol. The van der Waals surface area contributed by atoms with Gasteiger partial charge < -0.3 is 10.1 Å². The molecule has 7 nitrogen and oxygen atoms in total. The Hall–Kier alpha value is -4.59. The van der Waals surface area contributed by atoms with E-state index in [4.69, 9.17) is 0 Å². The van der Waals surface area contributed by atoms with Gasteiger partial charge in [0.15, 0.2) is 5.65 Å². The molecular weight excluding hydrogens is 407 g/mol. The van der Waals surface area contributed by atoms with Crippen molar-refractivity contribution < 1.29 is 9.50 Å². The molecule has 0 aliphatic heterocycles. The zero-order valence-electron chi connectivity index (χ0n) is 16.5. The molecule has 0 radical (unpaired) electrons. The van der Waals surface area contributed by atoms with Crippen molar-refractivity contribution in [3.8, 4) is 39.4 Å². The van der Waals surface area contributed by atoms with E-state index in [1.54, 1.807) is 30.7 Å². The molecule has 1 aromatic carbocycles. The van der Waals surface area contributed by atoms with E-state index in [2.05, 4.69) is 30.1 Å². The fraction of sp³-hybridized carbons (Fsp3) is 0. The summed E-state index contributed by atoms with van der Waals surface area (Å²) < 4.78 is 13.8. The largest absolute Gasteiger partial charge is 0.506 e. The lowest BCUT2D eigenvalue weighted by molar-refractivity contribution is 0.473. The first-order valence-electron chi connectivity index (χ1n) is 9.88. The van der Waals surface area contributed by atoms with E-state index in [1.807, 2.05) is 24.3 Å². The Kier molecular flexibility index (Phi) is 3.97. The van der Waals surface area contributed by atoms with E-state index < -0.39 is 0 Å². The maximum atomic E-state index is 13.8. The molecule has 0 saturated carbocycles. The van der Waals surface area contributed by atoms with Gasteiger partial charge in [0.2, 0.25) is 0 Å².